The Morgan fingerprint density at radius 1 is 0.875 bits per heavy atom. The van der Waals surface area contributed by atoms with Gasteiger partial charge in [-0.05, 0) is 23.6 Å². The molecule has 0 saturated heterocycles. The van der Waals surface area contributed by atoms with Gasteiger partial charge < -0.3 is 4.74 Å². The van der Waals surface area contributed by atoms with Crippen molar-refractivity contribution in [2.45, 2.75) is 13.5 Å². The van der Waals surface area contributed by atoms with E-state index in [1.54, 1.807) is 0 Å². The Bertz CT molecular complexity index is 434. The summed E-state index contributed by atoms with van der Waals surface area (Å²) in [5.41, 5.74) is 3.75. The Hall–Kier alpha value is -1.60. The van der Waals surface area contributed by atoms with Crippen LogP contribution in [0.1, 0.15) is 12.5 Å². The van der Waals surface area contributed by atoms with E-state index in [-0.39, 0.29) is 0 Å². The molecule has 0 bridgehead atoms. The lowest BCUT2D eigenvalue weighted by atomic mass is 10.0. The first-order chi connectivity index (χ1) is 7.92. The molecule has 0 aliphatic heterocycles. The standard InChI is InChI=1S/C15H16O/c1-2-16-12-14-10-6-7-11-15(14)13-8-4-3-5-9-13/h3-11H,2,12H2,1H3. The first kappa shape index (κ1) is 10.9. The minimum absolute atomic E-state index is 0.682. The number of hydrogen-bond acceptors (Lipinski definition) is 1. The van der Waals surface area contributed by atoms with E-state index in [9.17, 15) is 0 Å². The SMILES string of the molecule is CCOCc1ccccc1-c1ccccc1. The molecule has 0 amide bonds. The topological polar surface area (TPSA) is 9.23 Å². The highest BCUT2D eigenvalue weighted by Crippen LogP contribution is 2.23. The summed E-state index contributed by atoms with van der Waals surface area (Å²) in [5.74, 6) is 0. The zero-order valence-electron chi connectivity index (χ0n) is 9.52. The Kier molecular flexibility index (Phi) is 3.73. The van der Waals surface area contributed by atoms with Crippen molar-refractivity contribution in [3.8, 4) is 11.1 Å². The van der Waals surface area contributed by atoms with Gasteiger partial charge in [-0.15, -0.1) is 0 Å². The lowest BCUT2D eigenvalue weighted by Gasteiger charge is -2.09. The molecular weight excluding hydrogens is 196 g/mol. The minimum atomic E-state index is 0.682. The lowest BCUT2D eigenvalue weighted by molar-refractivity contribution is 0.134. The van der Waals surface area contributed by atoms with Crippen LogP contribution in [0, 0.1) is 0 Å². The van der Waals surface area contributed by atoms with Crippen LogP contribution in [0.2, 0.25) is 0 Å². The van der Waals surface area contributed by atoms with Crippen LogP contribution >= 0.6 is 0 Å². The molecule has 0 saturated carbocycles. The van der Waals surface area contributed by atoms with Gasteiger partial charge in [-0.2, -0.15) is 0 Å². The lowest BCUT2D eigenvalue weighted by Crippen LogP contribution is -1.94. The van der Waals surface area contributed by atoms with Crippen LogP contribution in [0.15, 0.2) is 54.6 Å². The van der Waals surface area contributed by atoms with E-state index < -0.39 is 0 Å². The Balaban J connectivity index is 2.33. The van der Waals surface area contributed by atoms with Crippen molar-refractivity contribution in [3.63, 3.8) is 0 Å². The second-order valence-electron chi connectivity index (χ2n) is 3.66. The van der Waals surface area contributed by atoms with Crippen LogP contribution in [-0.4, -0.2) is 6.61 Å². The maximum absolute atomic E-state index is 5.48. The van der Waals surface area contributed by atoms with Gasteiger partial charge >= 0.3 is 0 Å². The van der Waals surface area contributed by atoms with Gasteiger partial charge in [-0.1, -0.05) is 54.6 Å². The van der Waals surface area contributed by atoms with Crippen LogP contribution in [0.5, 0.6) is 0 Å². The molecule has 0 fully saturated rings. The van der Waals surface area contributed by atoms with Gasteiger partial charge in [0.1, 0.15) is 0 Å². The molecule has 2 aromatic carbocycles. The first-order valence-corrected chi connectivity index (χ1v) is 5.63. The number of ether oxygens (including phenoxy) is 1. The van der Waals surface area contributed by atoms with Gasteiger partial charge in [0.15, 0.2) is 0 Å². The summed E-state index contributed by atoms with van der Waals surface area (Å²) in [6.45, 7) is 3.45. The van der Waals surface area contributed by atoms with Crippen LogP contribution < -0.4 is 0 Å². The molecule has 16 heavy (non-hydrogen) atoms. The van der Waals surface area contributed by atoms with Crippen molar-refractivity contribution >= 4 is 0 Å². The summed E-state index contributed by atoms with van der Waals surface area (Å²) in [7, 11) is 0. The van der Waals surface area contributed by atoms with Crippen molar-refractivity contribution in [2.24, 2.45) is 0 Å². The maximum Gasteiger partial charge on any atom is 0.0722 e. The summed E-state index contributed by atoms with van der Waals surface area (Å²) in [4.78, 5) is 0. The number of benzene rings is 2. The Morgan fingerprint density at radius 2 is 1.56 bits per heavy atom. The Labute approximate surface area is 96.7 Å². The third kappa shape index (κ3) is 2.50. The fourth-order valence-corrected chi connectivity index (χ4v) is 1.76. The average Bonchev–Trinajstić information content (AvgIpc) is 2.38. The third-order valence-electron chi connectivity index (χ3n) is 2.56. The molecular formula is C15H16O. The van der Waals surface area contributed by atoms with Gasteiger partial charge in [-0.25, -0.2) is 0 Å². The molecule has 1 heteroatoms. The fourth-order valence-electron chi connectivity index (χ4n) is 1.76. The quantitative estimate of drug-likeness (QED) is 0.747. The van der Waals surface area contributed by atoms with Crippen LogP contribution in [0.3, 0.4) is 0 Å². The highest BCUT2D eigenvalue weighted by atomic mass is 16.5. The van der Waals surface area contributed by atoms with Crippen molar-refractivity contribution in [1.29, 1.82) is 0 Å². The molecule has 2 rings (SSSR count). The van der Waals surface area contributed by atoms with Crippen molar-refractivity contribution in [3.05, 3.63) is 60.2 Å². The minimum Gasteiger partial charge on any atom is -0.377 e. The van der Waals surface area contributed by atoms with E-state index in [4.69, 9.17) is 4.74 Å². The van der Waals surface area contributed by atoms with E-state index in [2.05, 4.69) is 48.5 Å². The molecule has 0 unspecified atom stereocenters. The van der Waals surface area contributed by atoms with E-state index in [1.165, 1.54) is 16.7 Å². The Morgan fingerprint density at radius 3 is 2.31 bits per heavy atom. The average molecular weight is 212 g/mol. The van der Waals surface area contributed by atoms with Crippen molar-refractivity contribution < 1.29 is 4.74 Å². The van der Waals surface area contributed by atoms with Crippen LogP contribution in [-0.2, 0) is 11.3 Å². The summed E-state index contributed by atoms with van der Waals surface area (Å²) in [6.07, 6.45) is 0. The third-order valence-corrected chi connectivity index (χ3v) is 2.56. The van der Waals surface area contributed by atoms with Crippen LogP contribution in [0.25, 0.3) is 11.1 Å². The predicted octanol–water partition coefficient (Wildman–Crippen LogP) is 3.89. The zero-order valence-corrected chi connectivity index (χ0v) is 9.52. The normalized spacial score (nSPS) is 10.3. The summed E-state index contributed by atoms with van der Waals surface area (Å²) < 4.78 is 5.48. The van der Waals surface area contributed by atoms with E-state index in [0.717, 1.165) is 6.61 Å². The largest absolute Gasteiger partial charge is 0.377 e. The van der Waals surface area contributed by atoms with Crippen LogP contribution in [0.4, 0.5) is 0 Å². The van der Waals surface area contributed by atoms with Gasteiger partial charge in [0.05, 0.1) is 6.61 Å². The summed E-state index contributed by atoms with van der Waals surface area (Å²) in [5, 5.41) is 0. The smallest absolute Gasteiger partial charge is 0.0722 e. The van der Waals surface area contributed by atoms with E-state index >= 15 is 0 Å². The number of hydrogen-bond donors (Lipinski definition) is 0. The highest BCUT2D eigenvalue weighted by Gasteiger charge is 2.03. The second-order valence-corrected chi connectivity index (χ2v) is 3.66. The van der Waals surface area contributed by atoms with Crippen molar-refractivity contribution in [1.82, 2.24) is 0 Å². The molecule has 0 radical (unpaired) electrons. The van der Waals surface area contributed by atoms with E-state index in [0.29, 0.717) is 6.61 Å². The first-order valence-electron chi connectivity index (χ1n) is 5.63. The zero-order chi connectivity index (χ0) is 11.2. The molecule has 82 valence electrons. The summed E-state index contributed by atoms with van der Waals surface area (Å²) in [6, 6.07) is 18.8. The molecule has 0 aliphatic rings. The maximum atomic E-state index is 5.48. The van der Waals surface area contributed by atoms with Gasteiger partial charge in [0, 0.05) is 6.61 Å². The fraction of sp³-hybridized carbons (Fsp3) is 0.200. The van der Waals surface area contributed by atoms with Gasteiger partial charge in [0.2, 0.25) is 0 Å². The second kappa shape index (κ2) is 5.47. The predicted molar refractivity (Wildman–Crippen MR) is 67.2 cm³/mol. The molecule has 0 atom stereocenters. The molecule has 0 N–H and O–H groups in total. The van der Waals surface area contributed by atoms with Gasteiger partial charge in [0.25, 0.3) is 0 Å². The molecule has 0 spiro atoms. The van der Waals surface area contributed by atoms with Crippen molar-refractivity contribution in [2.75, 3.05) is 6.61 Å². The summed E-state index contributed by atoms with van der Waals surface area (Å²) >= 11 is 0. The van der Waals surface area contributed by atoms with Gasteiger partial charge in [-0.3, -0.25) is 0 Å². The molecule has 2 aromatic rings. The molecule has 0 aliphatic carbocycles. The molecule has 1 nitrogen and oxygen atoms in total. The highest BCUT2D eigenvalue weighted by molar-refractivity contribution is 5.66. The molecule has 0 heterocycles. The molecule has 0 aromatic heterocycles. The monoisotopic (exact) mass is 212 g/mol. The van der Waals surface area contributed by atoms with E-state index in [1.807, 2.05) is 13.0 Å². The number of rotatable bonds is 4.